The van der Waals surface area contributed by atoms with E-state index in [1.165, 1.54) is 33.9 Å². The summed E-state index contributed by atoms with van der Waals surface area (Å²) in [7, 11) is -3.70. The summed E-state index contributed by atoms with van der Waals surface area (Å²) in [6.07, 6.45) is 3.07. The average molecular weight is 428 g/mol. The van der Waals surface area contributed by atoms with Crippen LogP contribution in [0.3, 0.4) is 0 Å². The monoisotopic (exact) mass is 427 g/mol. The number of aromatic nitrogens is 1. The smallest absolute Gasteiger partial charge is 0.257 e. The van der Waals surface area contributed by atoms with E-state index in [1.807, 2.05) is 19.1 Å². The molecule has 1 N–H and O–H groups in total. The molecule has 150 valence electrons. The number of anilines is 1. The quantitative estimate of drug-likeness (QED) is 0.546. The molecular weight excluding hydrogens is 406 g/mol. The SMILES string of the molecule is C=CCN(CC=C)S(=O)(=O)c1ccc2nc(NC(=O)c3cccc(C)c3)sc2c1. The van der Waals surface area contributed by atoms with Gasteiger partial charge in [-0.05, 0) is 37.3 Å². The zero-order valence-corrected chi connectivity index (χ0v) is 17.6. The highest BCUT2D eigenvalue weighted by atomic mass is 32.2. The maximum absolute atomic E-state index is 12.9. The molecule has 0 aliphatic rings. The lowest BCUT2D eigenvalue weighted by atomic mass is 10.1. The third-order valence-corrected chi connectivity index (χ3v) is 6.93. The van der Waals surface area contributed by atoms with Gasteiger partial charge in [-0.15, -0.1) is 13.2 Å². The van der Waals surface area contributed by atoms with Gasteiger partial charge in [-0.25, -0.2) is 13.4 Å². The van der Waals surface area contributed by atoms with Gasteiger partial charge >= 0.3 is 0 Å². The highest BCUT2D eigenvalue weighted by Gasteiger charge is 2.23. The number of fused-ring (bicyclic) bond motifs is 1. The molecule has 0 saturated carbocycles. The highest BCUT2D eigenvalue weighted by molar-refractivity contribution is 7.89. The molecule has 1 heterocycles. The van der Waals surface area contributed by atoms with Gasteiger partial charge in [0.05, 0.1) is 15.1 Å². The fourth-order valence-electron chi connectivity index (χ4n) is 2.78. The van der Waals surface area contributed by atoms with Crippen molar-refractivity contribution in [2.45, 2.75) is 11.8 Å². The maximum atomic E-state index is 12.9. The van der Waals surface area contributed by atoms with Crippen LogP contribution in [0.15, 0.2) is 72.7 Å². The summed E-state index contributed by atoms with van der Waals surface area (Å²) in [5, 5.41) is 3.19. The fourth-order valence-corrected chi connectivity index (χ4v) is 5.17. The van der Waals surface area contributed by atoms with E-state index in [0.717, 1.165) is 5.56 Å². The summed E-state index contributed by atoms with van der Waals surface area (Å²) in [6.45, 7) is 9.52. The molecule has 0 fully saturated rings. The van der Waals surface area contributed by atoms with Gasteiger partial charge < -0.3 is 0 Å². The van der Waals surface area contributed by atoms with Crippen LogP contribution in [0.2, 0.25) is 0 Å². The van der Waals surface area contributed by atoms with Gasteiger partial charge in [-0.1, -0.05) is 41.2 Å². The van der Waals surface area contributed by atoms with Crippen LogP contribution in [0.1, 0.15) is 15.9 Å². The highest BCUT2D eigenvalue weighted by Crippen LogP contribution is 2.29. The van der Waals surface area contributed by atoms with Crippen molar-refractivity contribution in [3.8, 4) is 0 Å². The van der Waals surface area contributed by atoms with Gasteiger partial charge in [-0.2, -0.15) is 4.31 Å². The number of amides is 1. The minimum Gasteiger partial charge on any atom is -0.298 e. The van der Waals surface area contributed by atoms with Gasteiger partial charge in [0.1, 0.15) is 0 Å². The molecule has 0 atom stereocenters. The number of benzene rings is 2. The van der Waals surface area contributed by atoms with Crippen molar-refractivity contribution < 1.29 is 13.2 Å². The molecule has 0 aliphatic carbocycles. The van der Waals surface area contributed by atoms with Crippen LogP contribution in [0, 0.1) is 6.92 Å². The molecule has 0 unspecified atom stereocenters. The Morgan fingerprint density at radius 2 is 1.90 bits per heavy atom. The Labute approximate surface area is 174 Å². The Morgan fingerprint density at radius 1 is 1.17 bits per heavy atom. The van der Waals surface area contributed by atoms with Crippen LogP contribution in [-0.2, 0) is 10.0 Å². The molecule has 8 heteroatoms. The second-order valence-corrected chi connectivity index (χ2v) is 9.34. The Hall–Kier alpha value is -2.81. The third kappa shape index (κ3) is 4.61. The second kappa shape index (κ2) is 8.69. The number of hydrogen-bond acceptors (Lipinski definition) is 5. The molecule has 0 saturated heterocycles. The zero-order valence-electron chi connectivity index (χ0n) is 16.0. The zero-order chi connectivity index (χ0) is 21.0. The van der Waals surface area contributed by atoms with Gasteiger partial charge in [0.15, 0.2) is 5.13 Å². The normalized spacial score (nSPS) is 11.5. The molecule has 0 radical (unpaired) electrons. The Balaban J connectivity index is 1.89. The summed E-state index contributed by atoms with van der Waals surface area (Å²) >= 11 is 1.23. The lowest BCUT2D eigenvalue weighted by Gasteiger charge is -2.18. The first kappa shape index (κ1) is 20.9. The van der Waals surface area contributed by atoms with Crippen molar-refractivity contribution in [1.29, 1.82) is 0 Å². The summed E-state index contributed by atoms with van der Waals surface area (Å²) in [6, 6.07) is 12.0. The first-order valence-electron chi connectivity index (χ1n) is 8.85. The number of carbonyl (C=O) groups excluding carboxylic acids is 1. The van der Waals surface area contributed by atoms with Crippen molar-refractivity contribution in [3.05, 3.63) is 78.9 Å². The molecule has 6 nitrogen and oxygen atoms in total. The van der Waals surface area contributed by atoms with Gasteiger partial charge in [-0.3, -0.25) is 10.1 Å². The minimum atomic E-state index is -3.70. The number of hydrogen-bond donors (Lipinski definition) is 1. The maximum Gasteiger partial charge on any atom is 0.257 e. The third-order valence-electron chi connectivity index (χ3n) is 4.16. The average Bonchev–Trinajstić information content (AvgIpc) is 3.09. The number of nitrogens with zero attached hydrogens (tertiary/aromatic N) is 2. The van der Waals surface area contributed by atoms with Crippen LogP contribution < -0.4 is 5.32 Å². The van der Waals surface area contributed by atoms with E-state index in [-0.39, 0.29) is 23.9 Å². The Bertz CT molecular complexity index is 1170. The summed E-state index contributed by atoms with van der Waals surface area (Å²) in [4.78, 5) is 17.0. The molecule has 0 bridgehead atoms. The number of aryl methyl sites for hydroxylation is 1. The largest absolute Gasteiger partial charge is 0.298 e. The van der Waals surface area contributed by atoms with Crippen LogP contribution in [0.5, 0.6) is 0 Å². The number of thiazole rings is 1. The van der Waals surface area contributed by atoms with E-state index >= 15 is 0 Å². The molecule has 29 heavy (non-hydrogen) atoms. The van der Waals surface area contributed by atoms with Crippen LogP contribution in [0.25, 0.3) is 10.2 Å². The second-order valence-electron chi connectivity index (χ2n) is 6.37. The summed E-state index contributed by atoms with van der Waals surface area (Å²) in [5.41, 5.74) is 2.14. The van der Waals surface area contributed by atoms with E-state index in [4.69, 9.17) is 0 Å². The standard InChI is InChI=1S/C21H21N3O3S2/c1-4-11-24(12-5-2)29(26,27)17-9-10-18-19(14-17)28-21(22-18)23-20(25)16-8-6-7-15(3)13-16/h4-10,13-14H,1-2,11-12H2,3H3,(H,22,23,25). The molecular formula is C21H21N3O3S2. The first-order chi connectivity index (χ1) is 13.8. The number of carbonyl (C=O) groups is 1. The van der Waals surface area contributed by atoms with Crippen molar-refractivity contribution >= 4 is 42.6 Å². The first-order valence-corrected chi connectivity index (χ1v) is 11.1. The number of sulfonamides is 1. The molecule has 1 amide bonds. The molecule has 0 aliphatic heterocycles. The molecule has 3 rings (SSSR count). The minimum absolute atomic E-state index is 0.161. The van der Waals surface area contributed by atoms with E-state index < -0.39 is 10.0 Å². The number of nitrogens with one attached hydrogen (secondary N) is 1. The van der Waals surface area contributed by atoms with E-state index in [2.05, 4.69) is 23.5 Å². The predicted octanol–water partition coefficient (Wildman–Crippen LogP) is 4.22. The van der Waals surface area contributed by atoms with Crippen molar-refractivity contribution in [2.24, 2.45) is 0 Å². The van der Waals surface area contributed by atoms with Gasteiger partial charge in [0, 0.05) is 18.7 Å². The molecule has 1 aromatic heterocycles. The Kier molecular flexibility index (Phi) is 6.26. The van der Waals surface area contributed by atoms with Crippen molar-refractivity contribution in [1.82, 2.24) is 9.29 Å². The number of rotatable bonds is 8. The van der Waals surface area contributed by atoms with Crippen LogP contribution in [-0.4, -0.2) is 36.7 Å². The lowest BCUT2D eigenvalue weighted by molar-refractivity contribution is 0.102. The Morgan fingerprint density at radius 3 is 2.55 bits per heavy atom. The van der Waals surface area contributed by atoms with Gasteiger partial charge in [0.2, 0.25) is 10.0 Å². The van der Waals surface area contributed by atoms with Crippen molar-refractivity contribution in [3.63, 3.8) is 0 Å². The van der Waals surface area contributed by atoms with Crippen LogP contribution in [0.4, 0.5) is 5.13 Å². The van der Waals surface area contributed by atoms with E-state index in [1.54, 1.807) is 24.3 Å². The summed E-state index contributed by atoms with van der Waals surface area (Å²) < 4.78 is 27.8. The fraction of sp³-hybridized carbons (Fsp3) is 0.143. The van der Waals surface area contributed by atoms with Crippen molar-refractivity contribution in [2.75, 3.05) is 18.4 Å². The molecule has 0 spiro atoms. The summed E-state index contributed by atoms with van der Waals surface area (Å²) in [5.74, 6) is -0.260. The van der Waals surface area contributed by atoms with E-state index in [9.17, 15) is 13.2 Å². The molecule has 3 aromatic rings. The topological polar surface area (TPSA) is 79.4 Å². The predicted molar refractivity (Wildman–Crippen MR) is 118 cm³/mol. The van der Waals surface area contributed by atoms with Crippen LogP contribution >= 0.6 is 11.3 Å². The molecule has 2 aromatic carbocycles. The van der Waals surface area contributed by atoms with Gasteiger partial charge in [0.25, 0.3) is 5.91 Å². The van der Waals surface area contributed by atoms with E-state index in [0.29, 0.717) is 20.9 Å². The lowest BCUT2D eigenvalue weighted by Crippen LogP contribution is -2.31.